The zero-order chi connectivity index (χ0) is 9.84. The van der Waals surface area contributed by atoms with Gasteiger partial charge in [-0.25, -0.2) is 4.79 Å². The highest BCUT2D eigenvalue weighted by atomic mass is 79.9. The summed E-state index contributed by atoms with van der Waals surface area (Å²) in [5, 5.41) is 0. The van der Waals surface area contributed by atoms with Gasteiger partial charge in [0, 0.05) is 4.47 Å². The first kappa shape index (κ1) is 10.3. The van der Waals surface area contributed by atoms with Crippen LogP contribution in [0.5, 0.6) is 0 Å². The topological polar surface area (TPSA) is 26.3 Å². The number of ether oxygens (including phenoxy) is 1. The molecular formula is C10H11BrO2. The largest absolute Gasteiger partial charge is 0.462 e. The third kappa shape index (κ3) is 2.56. The number of rotatable bonds is 2. The highest BCUT2D eigenvalue weighted by Crippen LogP contribution is 2.17. The standard InChI is InChI=1S/C10H11BrO2/c1-3-13-10(12)8-4-5-9(11)7(2)6-8/h4-6H,3H2,1-2H3. The molecule has 0 aliphatic heterocycles. The number of carbonyl (C=O) groups excluding carboxylic acids is 1. The van der Waals surface area contributed by atoms with Crippen LogP contribution in [0, 0.1) is 6.92 Å². The number of halogens is 1. The first-order valence-electron chi connectivity index (χ1n) is 4.08. The second-order valence-electron chi connectivity index (χ2n) is 2.68. The Bertz CT molecular complexity index is 321. The third-order valence-electron chi connectivity index (χ3n) is 1.67. The molecule has 2 nitrogen and oxygen atoms in total. The van der Waals surface area contributed by atoms with Crippen molar-refractivity contribution in [3.05, 3.63) is 33.8 Å². The van der Waals surface area contributed by atoms with Crippen molar-refractivity contribution in [3.8, 4) is 0 Å². The summed E-state index contributed by atoms with van der Waals surface area (Å²) in [6.07, 6.45) is 0. The maximum Gasteiger partial charge on any atom is 0.338 e. The Kier molecular flexibility index (Phi) is 3.48. The first-order chi connectivity index (χ1) is 6.15. The molecule has 3 heteroatoms. The predicted octanol–water partition coefficient (Wildman–Crippen LogP) is 2.93. The smallest absolute Gasteiger partial charge is 0.338 e. The van der Waals surface area contributed by atoms with Crippen LogP contribution < -0.4 is 0 Å². The van der Waals surface area contributed by atoms with E-state index in [0.29, 0.717) is 12.2 Å². The summed E-state index contributed by atoms with van der Waals surface area (Å²) in [5.41, 5.74) is 1.63. The van der Waals surface area contributed by atoms with Gasteiger partial charge in [-0.05, 0) is 37.6 Å². The molecule has 1 aromatic carbocycles. The fourth-order valence-electron chi connectivity index (χ4n) is 0.986. The molecule has 0 aromatic heterocycles. The van der Waals surface area contributed by atoms with Gasteiger partial charge in [0.15, 0.2) is 0 Å². The minimum absolute atomic E-state index is 0.266. The zero-order valence-corrected chi connectivity index (χ0v) is 9.22. The van der Waals surface area contributed by atoms with E-state index in [1.54, 1.807) is 13.0 Å². The lowest BCUT2D eigenvalue weighted by Gasteiger charge is -2.03. The lowest BCUT2D eigenvalue weighted by atomic mass is 10.1. The van der Waals surface area contributed by atoms with E-state index < -0.39 is 0 Å². The van der Waals surface area contributed by atoms with Crippen LogP contribution in [0.4, 0.5) is 0 Å². The maximum atomic E-state index is 11.3. The van der Waals surface area contributed by atoms with Crippen molar-refractivity contribution in [3.63, 3.8) is 0 Å². The Balaban J connectivity index is 2.90. The minimum Gasteiger partial charge on any atom is -0.462 e. The van der Waals surface area contributed by atoms with Gasteiger partial charge in [-0.2, -0.15) is 0 Å². The number of benzene rings is 1. The van der Waals surface area contributed by atoms with Crippen LogP contribution in [0.2, 0.25) is 0 Å². The molecule has 0 radical (unpaired) electrons. The second-order valence-corrected chi connectivity index (χ2v) is 3.54. The quantitative estimate of drug-likeness (QED) is 0.746. The number of aryl methyl sites for hydroxylation is 1. The molecule has 0 fully saturated rings. The van der Waals surface area contributed by atoms with Crippen molar-refractivity contribution in [1.29, 1.82) is 0 Å². The normalized spacial score (nSPS) is 9.77. The molecule has 0 saturated heterocycles. The van der Waals surface area contributed by atoms with E-state index in [2.05, 4.69) is 15.9 Å². The molecular weight excluding hydrogens is 232 g/mol. The van der Waals surface area contributed by atoms with E-state index in [0.717, 1.165) is 10.0 Å². The zero-order valence-electron chi connectivity index (χ0n) is 7.63. The average Bonchev–Trinajstić information content (AvgIpc) is 2.10. The maximum absolute atomic E-state index is 11.3. The lowest BCUT2D eigenvalue weighted by molar-refractivity contribution is 0.0526. The van der Waals surface area contributed by atoms with Gasteiger partial charge in [0.1, 0.15) is 0 Å². The van der Waals surface area contributed by atoms with Crippen LogP contribution in [0.1, 0.15) is 22.8 Å². The summed E-state index contributed by atoms with van der Waals surface area (Å²) >= 11 is 3.37. The van der Waals surface area contributed by atoms with Crippen LogP contribution in [-0.2, 0) is 4.74 Å². The number of hydrogen-bond donors (Lipinski definition) is 0. The second kappa shape index (κ2) is 4.42. The number of carbonyl (C=O) groups is 1. The summed E-state index contributed by atoms with van der Waals surface area (Å²) in [7, 11) is 0. The van der Waals surface area contributed by atoms with Gasteiger partial charge in [0.25, 0.3) is 0 Å². The molecule has 13 heavy (non-hydrogen) atoms. The first-order valence-corrected chi connectivity index (χ1v) is 4.87. The van der Waals surface area contributed by atoms with Gasteiger partial charge >= 0.3 is 5.97 Å². The van der Waals surface area contributed by atoms with E-state index in [-0.39, 0.29) is 5.97 Å². The summed E-state index contributed by atoms with van der Waals surface area (Å²) in [5.74, 6) is -0.266. The molecule has 0 saturated carbocycles. The fraction of sp³-hybridized carbons (Fsp3) is 0.300. The van der Waals surface area contributed by atoms with Crippen LogP contribution in [0.25, 0.3) is 0 Å². The van der Waals surface area contributed by atoms with Crippen molar-refractivity contribution in [2.24, 2.45) is 0 Å². The Labute approximate surface area is 86.0 Å². The van der Waals surface area contributed by atoms with Crippen LogP contribution in [0.15, 0.2) is 22.7 Å². The fourth-order valence-corrected chi connectivity index (χ4v) is 1.23. The molecule has 0 unspecified atom stereocenters. The van der Waals surface area contributed by atoms with Gasteiger partial charge in [-0.1, -0.05) is 15.9 Å². The lowest BCUT2D eigenvalue weighted by Crippen LogP contribution is -2.04. The number of hydrogen-bond acceptors (Lipinski definition) is 2. The van der Waals surface area contributed by atoms with Gasteiger partial charge in [0.2, 0.25) is 0 Å². The summed E-state index contributed by atoms with van der Waals surface area (Å²) in [6.45, 7) is 4.14. The SMILES string of the molecule is CCOC(=O)c1ccc(Br)c(C)c1. The minimum atomic E-state index is -0.266. The van der Waals surface area contributed by atoms with E-state index in [9.17, 15) is 4.79 Å². The summed E-state index contributed by atoms with van der Waals surface area (Å²) in [4.78, 5) is 11.3. The van der Waals surface area contributed by atoms with Gasteiger partial charge in [0.05, 0.1) is 12.2 Å². The monoisotopic (exact) mass is 242 g/mol. The van der Waals surface area contributed by atoms with Crippen molar-refractivity contribution in [2.75, 3.05) is 6.61 Å². The molecule has 1 rings (SSSR count). The van der Waals surface area contributed by atoms with Crippen LogP contribution >= 0.6 is 15.9 Å². The van der Waals surface area contributed by atoms with Gasteiger partial charge in [-0.15, -0.1) is 0 Å². The Hall–Kier alpha value is -0.830. The molecule has 0 N–H and O–H groups in total. The van der Waals surface area contributed by atoms with Crippen molar-refractivity contribution in [1.82, 2.24) is 0 Å². The van der Waals surface area contributed by atoms with Crippen LogP contribution in [-0.4, -0.2) is 12.6 Å². The van der Waals surface area contributed by atoms with E-state index in [4.69, 9.17) is 4.74 Å². The van der Waals surface area contributed by atoms with Crippen molar-refractivity contribution in [2.45, 2.75) is 13.8 Å². The van der Waals surface area contributed by atoms with Crippen LogP contribution in [0.3, 0.4) is 0 Å². The van der Waals surface area contributed by atoms with Gasteiger partial charge in [-0.3, -0.25) is 0 Å². The highest BCUT2D eigenvalue weighted by Gasteiger charge is 2.06. The summed E-state index contributed by atoms with van der Waals surface area (Å²) in [6, 6.07) is 5.40. The van der Waals surface area contributed by atoms with Crippen molar-refractivity contribution >= 4 is 21.9 Å². The predicted molar refractivity (Wildman–Crippen MR) is 54.8 cm³/mol. The average molecular weight is 243 g/mol. The molecule has 0 atom stereocenters. The Morgan fingerprint density at radius 3 is 2.77 bits per heavy atom. The molecule has 0 spiro atoms. The molecule has 0 bridgehead atoms. The number of esters is 1. The summed E-state index contributed by atoms with van der Waals surface area (Å²) < 4.78 is 5.87. The molecule has 0 aliphatic rings. The third-order valence-corrected chi connectivity index (χ3v) is 2.56. The molecule has 0 heterocycles. The van der Waals surface area contributed by atoms with E-state index >= 15 is 0 Å². The Morgan fingerprint density at radius 2 is 2.23 bits per heavy atom. The van der Waals surface area contributed by atoms with Gasteiger partial charge < -0.3 is 4.74 Å². The van der Waals surface area contributed by atoms with E-state index in [1.165, 1.54) is 0 Å². The highest BCUT2D eigenvalue weighted by molar-refractivity contribution is 9.10. The molecule has 70 valence electrons. The molecule has 1 aromatic rings. The molecule has 0 amide bonds. The molecule has 0 aliphatic carbocycles. The Morgan fingerprint density at radius 1 is 1.54 bits per heavy atom. The van der Waals surface area contributed by atoms with E-state index in [1.807, 2.05) is 19.1 Å². The van der Waals surface area contributed by atoms with Crippen molar-refractivity contribution < 1.29 is 9.53 Å².